The van der Waals surface area contributed by atoms with Crippen molar-refractivity contribution in [2.75, 3.05) is 22.1 Å². The summed E-state index contributed by atoms with van der Waals surface area (Å²) in [7, 11) is -3.08. The Balaban J connectivity index is 1.40. The molecule has 2 heterocycles. The average Bonchev–Trinajstić information content (AvgIpc) is 3.23. The number of nitrogens with zero attached hydrogens (tertiary/aromatic N) is 1. The lowest BCUT2D eigenvalue weighted by Gasteiger charge is -2.12. The third kappa shape index (κ3) is 4.54. The highest BCUT2D eigenvalue weighted by Crippen LogP contribution is 2.16. The lowest BCUT2D eigenvalue weighted by atomic mass is 10.2. The number of aromatic nitrogens is 2. The maximum atomic E-state index is 12.5. The molecule has 0 aliphatic carbocycles. The molecule has 1 fully saturated rings. The second-order valence-corrected chi connectivity index (χ2v) is 9.06. The largest absolute Gasteiger partial charge is 0.334 e. The van der Waals surface area contributed by atoms with Crippen LogP contribution in [0, 0.1) is 0 Å². The van der Waals surface area contributed by atoms with Gasteiger partial charge in [-0.15, -0.1) is 0 Å². The minimum absolute atomic E-state index is 0.0552. The molecule has 0 bridgehead atoms. The van der Waals surface area contributed by atoms with Crippen molar-refractivity contribution in [1.82, 2.24) is 15.3 Å². The number of H-pyrrole nitrogens is 1. The molecule has 3 aromatic rings. The molecular weight excluding hydrogens is 394 g/mol. The Hall–Kier alpha value is -3.40. The van der Waals surface area contributed by atoms with Crippen LogP contribution in [0.4, 0.5) is 16.4 Å². The van der Waals surface area contributed by atoms with Crippen LogP contribution < -0.4 is 16.0 Å². The van der Waals surface area contributed by atoms with Crippen LogP contribution in [-0.2, 0) is 9.84 Å². The molecule has 0 saturated carbocycles. The number of benzene rings is 2. The second-order valence-electron chi connectivity index (χ2n) is 6.84. The van der Waals surface area contributed by atoms with Gasteiger partial charge in [-0.25, -0.2) is 18.2 Å². The predicted octanol–water partition coefficient (Wildman–Crippen LogP) is 2.12. The van der Waals surface area contributed by atoms with Gasteiger partial charge >= 0.3 is 6.03 Å². The molecule has 150 valence electrons. The van der Waals surface area contributed by atoms with Gasteiger partial charge < -0.3 is 15.6 Å². The molecule has 1 atom stereocenters. The van der Waals surface area contributed by atoms with Crippen LogP contribution in [-0.4, -0.2) is 47.9 Å². The van der Waals surface area contributed by atoms with E-state index in [-0.39, 0.29) is 17.4 Å². The fourth-order valence-corrected chi connectivity index (χ4v) is 4.86. The summed E-state index contributed by atoms with van der Waals surface area (Å²) in [6.07, 6.45) is 0.399. The van der Waals surface area contributed by atoms with E-state index in [0.717, 1.165) is 11.0 Å². The number of rotatable bonds is 4. The molecule has 0 radical (unpaired) electrons. The van der Waals surface area contributed by atoms with Crippen LogP contribution in [0.5, 0.6) is 0 Å². The third-order valence-corrected chi connectivity index (χ3v) is 6.34. The maximum Gasteiger partial charge on any atom is 0.319 e. The summed E-state index contributed by atoms with van der Waals surface area (Å²) in [4.78, 5) is 32.0. The molecule has 4 rings (SSSR count). The second kappa shape index (κ2) is 7.55. The number of sulfone groups is 1. The van der Waals surface area contributed by atoms with Crippen LogP contribution in [0.15, 0.2) is 48.5 Å². The molecule has 3 amide bonds. The minimum atomic E-state index is -3.08. The number of carbonyl (C=O) groups is 2. The van der Waals surface area contributed by atoms with Crippen molar-refractivity contribution in [2.45, 2.75) is 12.5 Å². The Morgan fingerprint density at radius 1 is 1.07 bits per heavy atom. The van der Waals surface area contributed by atoms with Gasteiger partial charge in [0.25, 0.3) is 5.91 Å². The van der Waals surface area contributed by atoms with Gasteiger partial charge in [-0.2, -0.15) is 0 Å². The van der Waals surface area contributed by atoms with Crippen molar-refractivity contribution in [3.63, 3.8) is 0 Å². The third-order valence-electron chi connectivity index (χ3n) is 4.57. The Labute approximate surface area is 166 Å². The topological polar surface area (TPSA) is 133 Å². The molecule has 1 aromatic heterocycles. The molecule has 10 heteroatoms. The molecule has 2 aromatic carbocycles. The molecule has 9 nitrogen and oxygen atoms in total. The smallest absolute Gasteiger partial charge is 0.319 e. The molecule has 1 saturated heterocycles. The van der Waals surface area contributed by atoms with Crippen LogP contribution in [0.1, 0.15) is 16.8 Å². The lowest BCUT2D eigenvalue weighted by Crippen LogP contribution is -2.38. The van der Waals surface area contributed by atoms with Crippen LogP contribution >= 0.6 is 0 Å². The van der Waals surface area contributed by atoms with E-state index >= 15 is 0 Å². The van der Waals surface area contributed by atoms with Gasteiger partial charge in [-0.05, 0) is 36.8 Å². The SMILES string of the molecule is O=C(Nc1cccc(C(=O)Nc2nc3ccccc3[nH]2)c1)N[C@@H]1CCS(=O)(=O)C1. The number of carbonyl (C=O) groups excluding carboxylic acids is 2. The van der Waals surface area contributed by atoms with E-state index in [1.54, 1.807) is 18.2 Å². The Morgan fingerprint density at radius 3 is 2.66 bits per heavy atom. The first-order chi connectivity index (χ1) is 13.9. The van der Waals surface area contributed by atoms with Crippen LogP contribution in [0.3, 0.4) is 0 Å². The van der Waals surface area contributed by atoms with Gasteiger partial charge in [0.1, 0.15) is 0 Å². The number of amides is 3. The Bertz CT molecular complexity index is 1160. The zero-order chi connectivity index (χ0) is 20.4. The summed E-state index contributed by atoms with van der Waals surface area (Å²) in [6, 6.07) is 12.9. The number of fused-ring (bicyclic) bond motifs is 1. The Kier molecular flexibility index (Phi) is 4.93. The van der Waals surface area contributed by atoms with Crippen molar-refractivity contribution < 1.29 is 18.0 Å². The van der Waals surface area contributed by atoms with Crippen molar-refractivity contribution >= 4 is 44.4 Å². The Morgan fingerprint density at radius 2 is 1.90 bits per heavy atom. The molecule has 1 aliphatic rings. The van der Waals surface area contributed by atoms with Crippen molar-refractivity contribution in [2.24, 2.45) is 0 Å². The summed E-state index contributed by atoms with van der Waals surface area (Å²) in [5.74, 6) is -0.0276. The molecule has 0 spiro atoms. The van der Waals surface area contributed by atoms with Gasteiger partial charge in [0, 0.05) is 17.3 Å². The monoisotopic (exact) mass is 413 g/mol. The number of urea groups is 1. The number of hydrogen-bond donors (Lipinski definition) is 4. The number of anilines is 2. The first-order valence-corrected chi connectivity index (χ1v) is 10.8. The van der Waals surface area contributed by atoms with Gasteiger partial charge in [-0.3, -0.25) is 10.1 Å². The standard InChI is InChI=1S/C19H19N5O4S/c25-17(24-18-22-15-6-1-2-7-16(15)23-18)12-4-3-5-13(10-12)20-19(26)21-14-8-9-29(27,28)11-14/h1-7,10,14H,8-9,11H2,(H2,20,21,26)(H2,22,23,24,25)/t14-/m1/s1. The maximum absolute atomic E-state index is 12.5. The average molecular weight is 413 g/mol. The molecule has 0 unspecified atom stereocenters. The van der Waals surface area contributed by atoms with Crippen molar-refractivity contribution in [1.29, 1.82) is 0 Å². The molecule has 1 aliphatic heterocycles. The zero-order valence-electron chi connectivity index (χ0n) is 15.3. The van der Waals surface area contributed by atoms with E-state index in [9.17, 15) is 18.0 Å². The molecule has 4 N–H and O–H groups in total. The molecule has 29 heavy (non-hydrogen) atoms. The van der Waals surface area contributed by atoms with E-state index in [2.05, 4.69) is 25.9 Å². The minimum Gasteiger partial charge on any atom is -0.334 e. The van der Waals surface area contributed by atoms with Crippen LogP contribution in [0.2, 0.25) is 0 Å². The number of imidazole rings is 1. The fourth-order valence-electron chi connectivity index (χ4n) is 3.19. The van der Waals surface area contributed by atoms with Gasteiger partial charge in [0.2, 0.25) is 5.95 Å². The van der Waals surface area contributed by atoms with Gasteiger partial charge in [0.05, 0.1) is 22.5 Å². The number of hydrogen-bond acceptors (Lipinski definition) is 5. The summed E-state index contributed by atoms with van der Waals surface area (Å²) < 4.78 is 23.0. The molecular formula is C19H19N5O4S. The van der Waals surface area contributed by atoms with E-state index < -0.39 is 21.9 Å². The summed E-state index contributed by atoms with van der Waals surface area (Å²) in [5, 5.41) is 7.97. The van der Waals surface area contributed by atoms with Crippen LogP contribution in [0.25, 0.3) is 11.0 Å². The highest BCUT2D eigenvalue weighted by Gasteiger charge is 2.28. The quantitative estimate of drug-likeness (QED) is 0.520. The lowest BCUT2D eigenvalue weighted by molar-refractivity contribution is 0.102. The van der Waals surface area contributed by atoms with Gasteiger partial charge in [-0.1, -0.05) is 18.2 Å². The summed E-state index contributed by atoms with van der Waals surface area (Å²) in [6.45, 7) is 0. The van der Waals surface area contributed by atoms with E-state index in [4.69, 9.17) is 0 Å². The highest BCUT2D eigenvalue weighted by atomic mass is 32.2. The summed E-state index contributed by atoms with van der Waals surface area (Å²) >= 11 is 0. The number of aromatic amines is 1. The van der Waals surface area contributed by atoms with Crippen molar-refractivity contribution in [3.05, 3.63) is 54.1 Å². The normalized spacial score (nSPS) is 17.7. The van der Waals surface area contributed by atoms with Gasteiger partial charge in [0.15, 0.2) is 9.84 Å². The number of nitrogens with one attached hydrogen (secondary N) is 4. The summed E-state index contributed by atoms with van der Waals surface area (Å²) in [5.41, 5.74) is 2.31. The highest BCUT2D eigenvalue weighted by molar-refractivity contribution is 7.91. The zero-order valence-corrected chi connectivity index (χ0v) is 16.1. The van der Waals surface area contributed by atoms with E-state index in [1.165, 1.54) is 6.07 Å². The van der Waals surface area contributed by atoms with E-state index in [0.29, 0.717) is 23.6 Å². The first-order valence-electron chi connectivity index (χ1n) is 9.02. The van der Waals surface area contributed by atoms with E-state index in [1.807, 2.05) is 24.3 Å². The number of para-hydroxylation sites is 2. The van der Waals surface area contributed by atoms with Crippen molar-refractivity contribution in [3.8, 4) is 0 Å². The first kappa shape index (κ1) is 18.9. The predicted molar refractivity (Wildman–Crippen MR) is 110 cm³/mol. The fraction of sp³-hybridized carbons (Fsp3) is 0.211.